The van der Waals surface area contributed by atoms with Gasteiger partial charge >= 0.3 is 6.36 Å². The summed E-state index contributed by atoms with van der Waals surface area (Å²) in [6.07, 6.45) is -2.02. The molecule has 8 heteroatoms. The van der Waals surface area contributed by atoms with E-state index in [9.17, 15) is 18.0 Å². The Morgan fingerprint density at radius 1 is 1.12 bits per heavy atom. The van der Waals surface area contributed by atoms with Gasteiger partial charge in [0, 0.05) is 18.3 Å². The second kappa shape index (κ2) is 8.20. The van der Waals surface area contributed by atoms with Crippen LogP contribution in [0.4, 0.5) is 18.9 Å². The number of hydrogen-bond donors (Lipinski definition) is 3. The number of hydroxylamine groups is 1. The zero-order valence-corrected chi connectivity index (χ0v) is 12.9. The zero-order chi connectivity index (χ0) is 18.3. The molecule has 2 aromatic carbocycles. The number of alkyl halides is 3. The molecular formula is C17H15F3N2O3. The van der Waals surface area contributed by atoms with Crippen molar-refractivity contribution in [1.82, 2.24) is 5.48 Å². The van der Waals surface area contributed by atoms with Gasteiger partial charge in [-0.15, -0.1) is 13.2 Å². The average molecular weight is 352 g/mol. The van der Waals surface area contributed by atoms with Gasteiger partial charge < -0.3 is 10.1 Å². The highest BCUT2D eigenvalue weighted by atomic mass is 19.4. The predicted octanol–water partition coefficient (Wildman–Crippen LogP) is 3.72. The molecule has 0 fully saturated rings. The van der Waals surface area contributed by atoms with Crippen LogP contribution in [0.5, 0.6) is 5.75 Å². The van der Waals surface area contributed by atoms with E-state index in [1.165, 1.54) is 41.9 Å². The van der Waals surface area contributed by atoms with Gasteiger partial charge in [-0.05, 0) is 35.4 Å². The van der Waals surface area contributed by atoms with E-state index in [2.05, 4.69) is 10.1 Å². The predicted molar refractivity (Wildman–Crippen MR) is 85.9 cm³/mol. The zero-order valence-electron chi connectivity index (χ0n) is 12.9. The fourth-order valence-electron chi connectivity index (χ4n) is 2.01. The molecule has 0 bridgehead atoms. The van der Waals surface area contributed by atoms with E-state index >= 15 is 0 Å². The second-order valence-electron chi connectivity index (χ2n) is 4.94. The van der Waals surface area contributed by atoms with Crippen LogP contribution in [0.3, 0.4) is 0 Å². The summed E-state index contributed by atoms with van der Waals surface area (Å²) in [5.74, 6) is -0.940. The smallest absolute Gasteiger partial charge is 0.406 e. The van der Waals surface area contributed by atoms with Crippen molar-refractivity contribution in [3.63, 3.8) is 0 Å². The molecule has 0 heterocycles. The molecule has 0 radical (unpaired) electrons. The summed E-state index contributed by atoms with van der Waals surface area (Å²) in [6.45, 7) is 0.364. The van der Waals surface area contributed by atoms with Crippen molar-refractivity contribution < 1.29 is 27.9 Å². The normalized spacial score (nSPS) is 11.4. The van der Waals surface area contributed by atoms with Crippen LogP contribution in [0.15, 0.2) is 54.6 Å². The molecule has 25 heavy (non-hydrogen) atoms. The largest absolute Gasteiger partial charge is 0.573 e. The van der Waals surface area contributed by atoms with E-state index in [1.54, 1.807) is 24.3 Å². The van der Waals surface area contributed by atoms with Gasteiger partial charge in [-0.3, -0.25) is 10.0 Å². The number of rotatable bonds is 6. The monoisotopic (exact) mass is 352 g/mol. The van der Waals surface area contributed by atoms with Crippen molar-refractivity contribution in [3.8, 4) is 5.75 Å². The van der Waals surface area contributed by atoms with Crippen LogP contribution < -0.4 is 15.5 Å². The van der Waals surface area contributed by atoms with Crippen LogP contribution in [0.1, 0.15) is 11.1 Å². The summed E-state index contributed by atoms with van der Waals surface area (Å²) in [7, 11) is 0. The van der Waals surface area contributed by atoms with E-state index in [1.807, 2.05) is 0 Å². The number of benzene rings is 2. The van der Waals surface area contributed by atoms with Crippen molar-refractivity contribution in [2.75, 3.05) is 5.32 Å². The van der Waals surface area contributed by atoms with Crippen LogP contribution in [0.25, 0.3) is 6.08 Å². The molecule has 1 amide bonds. The number of hydrogen-bond acceptors (Lipinski definition) is 4. The highest BCUT2D eigenvalue weighted by Crippen LogP contribution is 2.23. The lowest BCUT2D eigenvalue weighted by molar-refractivity contribution is -0.274. The lowest BCUT2D eigenvalue weighted by Crippen LogP contribution is -2.17. The molecule has 2 rings (SSSR count). The lowest BCUT2D eigenvalue weighted by Gasteiger charge is -2.11. The van der Waals surface area contributed by atoms with Gasteiger partial charge in [0.1, 0.15) is 5.75 Å². The maximum absolute atomic E-state index is 12.1. The van der Waals surface area contributed by atoms with Crippen molar-refractivity contribution >= 4 is 17.7 Å². The van der Waals surface area contributed by atoms with E-state index in [-0.39, 0.29) is 5.75 Å². The molecule has 132 valence electrons. The van der Waals surface area contributed by atoms with Gasteiger partial charge in [-0.25, -0.2) is 5.48 Å². The number of halogens is 3. The Bertz CT molecular complexity index is 744. The van der Waals surface area contributed by atoms with Gasteiger partial charge in [-0.1, -0.05) is 30.3 Å². The third-order valence-electron chi connectivity index (χ3n) is 3.13. The van der Waals surface area contributed by atoms with Gasteiger partial charge in [0.2, 0.25) is 0 Å². The summed E-state index contributed by atoms with van der Waals surface area (Å²) < 4.78 is 40.2. The first-order chi connectivity index (χ1) is 11.9. The minimum Gasteiger partial charge on any atom is -0.406 e. The molecule has 0 unspecified atom stereocenters. The molecule has 0 saturated carbocycles. The van der Waals surface area contributed by atoms with E-state index < -0.39 is 12.3 Å². The molecule has 0 aromatic heterocycles. The standard InChI is InChI=1S/C17H15F3N2O3/c18-17(19,20)25-14-8-5-12(6-9-14)11-21-15-4-2-1-3-13(15)7-10-16(23)22-24/h1-10,21,24H,11H2,(H,22,23)/b10-7+. The maximum atomic E-state index is 12.1. The van der Waals surface area contributed by atoms with Gasteiger partial charge in [0.15, 0.2) is 0 Å². The summed E-state index contributed by atoms with van der Waals surface area (Å²) in [5, 5.41) is 11.6. The number of amides is 1. The summed E-state index contributed by atoms with van der Waals surface area (Å²) in [6, 6.07) is 12.7. The average Bonchev–Trinajstić information content (AvgIpc) is 2.58. The first kappa shape index (κ1) is 18.3. The van der Waals surface area contributed by atoms with E-state index in [0.717, 1.165) is 11.3 Å². The highest BCUT2D eigenvalue weighted by Gasteiger charge is 2.30. The second-order valence-corrected chi connectivity index (χ2v) is 4.94. The minimum absolute atomic E-state index is 0.283. The van der Waals surface area contributed by atoms with Gasteiger partial charge in [0.05, 0.1) is 0 Å². The number of para-hydroxylation sites is 1. The SMILES string of the molecule is O=C(/C=C/c1ccccc1NCc1ccc(OC(F)(F)F)cc1)NO. The summed E-state index contributed by atoms with van der Waals surface area (Å²) in [4.78, 5) is 11.0. The number of carbonyl (C=O) groups excluding carboxylic acids is 1. The molecular weight excluding hydrogens is 337 g/mol. The fourth-order valence-corrected chi connectivity index (χ4v) is 2.01. The third-order valence-corrected chi connectivity index (χ3v) is 3.13. The Labute approximate surface area is 141 Å². The first-order valence-corrected chi connectivity index (χ1v) is 7.17. The molecule has 2 aromatic rings. The number of ether oxygens (including phenoxy) is 1. The molecule has 0 aliphatic heterocycles. The summed E-state index contributed by atoms with van der Waals surface area (Å²) in [5.41, 5.74) is 3.68. The van der Waals surface area contributed by atoms with Gasteiger partial charge in [-0.2, -0.15) is 0 Å². The summed E-state index contributed by atoms with van der Waals surface area (Å²) >= 11 is 0. The van der Waals surface area contributed by atoms with E-state index in [0.29, 0.717) is 12.1 Å². The van der Waals surface area contributed by atoms with Crippen molar-refractivity contribution in [2.45, 2.75) is 12.9 Å². The highest BCUT2D eigenvalue weighted by molar-refractivity contribution is 5.91. The first-order valence-electron chi connectivity index (χ1n) is 7.17. The third kappa shape index (κ3) is 6.19. The topological polar surface area (TPSA) is 70.6 Å². The Morgan fingerprint density at radius 3 is 2.44 bits per heavy atom. The molecule has 3 N–H and O–H groups in total. The Hall–Kier alpha value is -3.00. The molecule has 0 spiro atoms. The van der Waals surface area contributed by atoms with Crippen LogP contribution in [0.2, 0.25) is 0 Å². The Balaban J connectivity index is 2.02. The number of anilines is 1. The van der Waals surface area contributed by atoms with E-state index in [4.69, 9.17) is 5.21 Å². The van der Waals surface area contributed by atoms with Crippen molar-refractivity contribution in [1.29, 1.82) is 0 Å². The van der Waals surface area contributed by atoms with Crippen molar-refractivity contribution in [2.24, 2.45) is 0 Å². The Kier molecular flexibility index (Phi) is 6.02. The number of carbonyl (C=O) groups is 1. The molecule has 5 nitrogen and oxygen atoms in total. The fraction of sp³-hybridized carbons (Fsp3) is 0.118. The van der Waals surface area contributed by atoms with Crippen LogP contribution in [-0.2, 0) is 11.3 Å². The Morgan fingerprint density at radius 2 is 1.80 bits per heavy atom. The minimum atomic E-state index is -4.72. The van der Waals surface area contributed by atoms with Crippen molar-refractivity contribution in [3.05, 3.63) is 65.7 Å². The van der Waals surface area contributed by atoms with Crippen LogP contribution >= 0.6 is 0 Å². The molecule has 0 aliphatic carbocycles. The molecule has 0 saturated heterocycles. The number of nitrogens with one attached hydrogen (secondary N) is 2. The van der Waals surface area contributed by atoms with Gasteiger partial charge in [0.25, 0.3) is 5.91 Å². The maximum Gasteiger partial charge on any atom is 0.573 e. The molecule has 0 aliphatic rings. The quantitative estimate of drug-likeness (QED) is 0.421. The lowest BCUT2D eigenvalue weighted by atomic mass is 10.1. The van der Waals surface area contributed by atoms with Crippen LogP contribution in [-0.4, -0.2) is 17.5 Å². The molecule has 0 atom stereocenters. The van der Waals surface area contributed by atoms with Crippen LogP contribution in [0, 0.1) is 0 Å².